The first-order valence-corrected chi connectivity index (χ1v) is 7.57. The number of halogens is 1. The summed E-state index contributed by atoms with van der Waals surface area (Å²) < 4.78 is 19.1. The summed E-state index contributed by atoms with van der Waals surface area (Å²) in [7, 11) is 1.64. The third-order valence-electron chi connectivity index (χ3n) is 3.96. The number of anilines is 1. The van der Waals surface area contributed by atoms with Crippen LogP contribution in [0.4, 0.5) is 10.1 Å². The van der Waals surface area contributed by atoms with Crippen molar-refractivity contribution in [3.05, 3.63) is 59.4 Å². The molecule has 1 N–H and O–H groups in total. The Kier molecular flexibility index (Phi) is 4.20. The Bertz CT molecular complexity index is 807. The van der Waals surface area contributed by atoms with Crippen molar-refractivity contribution in [1.29, 1.82) is 0 Å². The van der Waals surface area contributed by atoms with Gasteiger partial charge in [-0.25, -0.2) is 4.39 Å². The van der Waals surface area contributed by atoms with Crippen molar-refractivity contribution in [2.75, 3.05) is 11.9 Å². The summed E-state index contributed by atoms with van der Waals surface area (Å²) in [6, 6.07) is 11.1. The van der Waals surface area contributed by atoms with Crippen molar-refractivity contribution in [2.24, 2.45) is 0 Å². The van der Waals surface area contributed by atoms with Gasteiger partial charge in [-0.3, -0.25) is 9.59 Å². The molecule has 5 nitrogen and oxygen atoms in total. The summed E-state index contributed by atoms with van der Waals surface area (Å²) in [5.74, 6) is -0.335. The molecule has 2 aromatic carbocycles. The highest BCUT2D eigenvalue weighted by molar-refractivity contribution is 6.02. The van der Waals surface area contributed by atoms with Gasteiger partial charge in [-0.1, -0.05) is 18.2 Å². The van der Waals surface area contributed by atoms with E-state index in [0.717, 1.165) is 0 Å². The molecular weight excluding hydrogens is 311 g/mol. The van der Waals surface area contributed by atoms with Crippen LogP contribution in [0.15, 0.2) is 42.5 Å². The molecule has 6 heteroatoms. The zero-order valence-corrected chi connectivity index (χ0v) is 13.4. The van der Waals surface area contributed by atoms with Crippen LogP contribution in [0.1, 0.15) is 22.8 Å². The highest BCUT2D eigenvalue weighted by Gasteiger charge is 2.29. The fourth-order valence-corrected chi connectivity index (χ4v) is 2.57. The number of carbonyl (C=O) groups is 2. The van der Waals surface area contributed by atoms with Crippen LogP contribution in [0.25, 0.3) is 0 Å². The summed E-state index contributed by atoms with van der Waals surface area (Å²) in [6.45, 7) is 1.77. The van der Waals surface area contributed by atoms with Gasteiger partial charge in [-0.2, -0.15) is 0 Å². The van der Waals surface area contributed by atoms with E-state index in [1.54, 1.807) is 50.4 Å². The Hall–Kier alpha value is -2.89. The summed E-state index contributed by atoms with van der Waals surface area (Å²) in [4.78, 5) is 25.7. The van der Waals surface area contributed by atoms with Crippen LogP contribution in [0.3, 0.4) is 0 Å². The Labute approximate surface area is 139 Å². The van der Waals surface area contributed by atoms with E-state index in [-0.39, 0.29) is 24.2 Å². The molecule has 1 aliphatic rings. The average Bonchev–Trinajstić information content (AvgIpc) is 2.58. The molecule has 0 aliphatic carbocycles. The van der Waals surface area contributed by atoms with Gasteiger partial charge in [0.1, 0.15) is 11.6 Å². The standard InChI is InChI=1S/C18H17FN2O3/c1-11-18(23)21(2)15-9-12(7-8-16(15)24-11)17(22)20-10-13-5-3-4-6-14(13)19/h3-9,11H,10H2,1-2H3,(H,20,22). The highest BCUT2D eigenvalue weighted by Crippen LogP contribution is 2.33. The zero-order chi connectivity index (χ0) is 17.3. The van der Waals surface area contributed by atoms with Crippen LogP contribution in [0.5, 0.6) is 5.75 Å². The third-order valence-corrected chi connectivity index (χ3v) is 3.96. The number of fused-ring (bicyclic) bond motifs is 1. The largest absolute Gasteiger partial charge is 0.479 e. The van der Waals surface area contributed by atoms with Gasteiger partial charge >= 0.3 is 0 Å². The van der Waals surface area contributed by atoms with Crippen molar-refractivity contribution in [2.45, 2.75) is 19.6 Å². The zero-order valence-electron chi connectivity index (χ0n) is 13.4. The van der Waals surface area contributed by atoms with E-state index in [4.69, 9.17) is 4.74 Å². The van der Waals surface area contributed by atoms with Crippen LogP contribution in [0, 0.1) is 5.82 Å². The monoisotopic (exact) mass is 328 g/mol. The predicted molar refractivity (Wildman–Crippen MR) is 87.5 cm³/mol. The highest BCUT2D eigenvalue weighted by atomic mass is 19.1. The number of carbonyl (C=O) groups excluding carboxylic acids is 2. The normalized spacial score (nSPS) is 16.4. The Morgan fingerprint density at radius 1 is 1.29 bits per heavy atom. The second kappa shape index (κ2) is 6.31. The first-order chi connectivity index (χ1) is 11.5. The van der Waals surface area contributed by atoms with Crippen molar-refractivity contribution >= 4 is 17.5 Å². The minimum absolute atomic E-state index is 0.0882. The minimum Gasteiger partial charge on any atom is -0.479 e. The molecule has 3 rings (SSSR count). The summed E-state index contributed by atoms with van der Waals surface area (Å²) in [6.07, 6.45) is -0.553. The quantitative estimate of drug-likeness (QED) is 0.942. The van der Waals surface area contributed by atoms with Gasteiger partial charge in [0.15, 0.2) is 6.10 Å². The van der Waals surface area contributed by atoms with Crippen molar-refractivity contribution in [3.8, 4) is 5.75 Å². The number of rotatable bonds is 3. The molecule has 1 heterocycles. The number of nitrogens with one attached hydrogen (secondary N) is 1. The number of ether oxygens (including phenoxy) is 1. The second-order valence-electron chi connectivity index (χ2n) is 5.61. The maximum atomic E-state index is 13.6. The maximum absolute atomic E-state index is 13.6. The first-order valence-electron chi connectivity index (χ1n) is 7.57. The van der Waals surface area contributed by atoms with Crippen LogP contribution in [-0.4, -0.2) is 25.0 Å². The van der Waals surface area contributed by atoms with E-state index >= 15 is 0 Å². The second-order valence-corrected chi connectivity index (χ2v) is 5.61. The molecule has 0 spiro atoms. The van der Waals surface area contributed by atoms with E-state index < -0.39 is 6.10 Å². The number of amides is 2. The average molecular weight is 328 g/mol. The van der Waals surface area contributed by atoms with E-state index in [2.05, 4.69) is 5.32 Å². The minimum atomic E-state index is -0.553. The lowest BCUT2D eigenvalue weighted by Gasteiger charge is -2.30. The SMILES string of the molecule is CC1Oc2ccc(C(=O)NCc3ccccc3F)cc2N(C)C1=O. The molecule has 0 saturated heterocycles. The van der Waals surface area contributed by atoms with Crippen LogP contribution in [-0.2, 0) is 11.3 Å². The van der Waals surface area contributed by atoms with Crippen molar-refractivity contribution in [3.63, 3.8) is 0 Å². The number of likely N-dealkylation sites (N-methyl/N-ethyl adjacent to an activating group) is 1. The summed E-state index contributed by atoms with van der Waals surface area (Å²) in [5.41, 5.74) is 1.33. The van der Waals surface area contributed by atoms with E-state index in [1.165, 1.54) is 11.0 Å². The number of hydrogen-bond acceptors (Lipinski definition) is 3. The molecule has 1 unspecified atom stereocenters. The van der Waals surface area contributed by atoms with Gasteiger partial charge in [0.05, 0.1) is 5.69 Å². The molecule has 0 fully saturated rings. The lowest BCUT2D eigenvalue weighted by molar-refractivity contribution is -0.125. The molecule has 0 aromatic heterocycles. The fraction of sp³-hybridized carbons (Fsp3) is 0.222. The Morgan fingerprint density at radius 2 is 2.04 bits per heavy atom. The third kappa shape index (κ3) is 2.95. The lowest BCUT2D eigenvalue weighted by atomic mass is 10.1. The van der Waals surface area contributed by atoms with Crippen molar-refractivity contribution in [1.82, 2.24) is 5.32 Å². The predicted octanol–water partition coefficient (Wildman–Crippen LogP) is 2.50. The van der Waals surface area contributed by atoms with Crippen molar-refractivity contribution < 1.29 is 18.7 Å². The fourth-order valence-electron chi connectivity index (χ4n) is 2.57. The topological polar surface area (TPSA) is 58.6 Å². The molecule has 0 radical (unpaired) electrons. The van der Waals surface area contributed by atoms with Crippen LogP contribution < -0.4 is 15.0 Å². The Balaban J connectivity index is 1.77. The lowest BCUT2D eigenvalue weighted by Crippen LogP contribution is -2.42. The van der Waals surface area contributed by atoms with E-state index in [1.807, 2.05) is 0 Å². The number of nitrogens with zero attached hydrogens (tertiary/aromatic N) is 1. The van der Waals surface area contributed by atoms with Crippen LogP contribution >= 0.6 is 0 Å². The summed E-state index contributed by atoms with van der Waals surface area (Å²) >= 11 is 0. The van der Waals surface area contributed by atoms with E-state index in [0.29, 0.717) is 22.6 Å². The smallest absolute Gasteiger partial charge is 0.267 e. The molecule has 2 aromatic rings. The Morgan fingerprint density at radius 3 is 2.79 bits per heavy atom. The van der Waals surface area contributed by atoms with Gasteiger partial charge in [0.2, 0.25) is 0 Å². The van der Waals surface area contributed by atoms with Gasteiger partial charge in [0, 0.05) is 24.7 Å². The molecule has 1 atom stereocenters. The van der Waals surface area contributed by atoms with Gasteiger partial charge in [-0.05, 0) is 31.2 Å². The molecular formula is C18H17FN2O3. The molecule has 0 saturated carbocycles. The molecule has 0 bridgehead atoms. The number of hydrogen-bond donors (Lipinski definition) is 1. The number of benzene rings is 2. The molecule has 124 valence electrons. The maximum Gasteiger partial charge on any atom is 0.267 e. The summed E-state index contributed by atoms with van der Waals surface area (Å²) in [5, 5.41) is 2.67. The van der Waals surface area contributed by atoms with Crippen LogP contribution in [0.2, 0.25) is 0 Å². The van der Waals surface area contributed by atoms with Gasteiger partial charge in [0.25, 0.3) is 11.8 Å². The van der Waals surface area contributed by atoms with E-state index in [9.17, 15) is 14.0 Å². The van der Waals surface area contributed by atoms with Gasteiger partial charge < -0.3 is 15.0 Å². The molecule has 2 amide bonds. The van der Waals surface area contributed by atoms with Gasteiger partial charge in [-0.15, -0.1) is 0 Å². The molecule has 1 aliphatic heterocycles. The first kappa shape index (κ1) is 16.0. The molecule has 24 heavy (non-hydrogen) atoms.